The Bertz CT molecular complexity index is 1230. The number of nitrogens with two attached hydrogens (primary N) is 1. The van der Waals surface area contributed by atoms with Crippen molar-refractivity contribution in [3.05, 3.63) is 41.1 Å². The third-order valence-electron chi connectivity index (χ3n) is 5.53. The summed E-state index contributed by atoms with van der Waals surface area (Å²) in [5.74, 6) is -5.17. The monoisotopic (exact) mass is 467 g/mol. The summed E-state index contributed by atoms with van der Waals surface area (Å²) >= 11 is 0. The number of fused-ring (bicyclic) bond motifs is 1. The first-order valence-electron chi connectivity index (χ1n) is 9.68. The minimum Gasteiger partial charge on any atom is -0.478 e. The van der Waals surface area contributed by atoms with E-state index in [1.807, 2.05) is 0 Å². The van der Waals surface area contributed by atoms with Gasteiger partial charge in [0.15, 0.2) is 11.6 Å². The van der Waals surface area contributed by atoms with Crippen molar-refractivity contribution in [2.75, 3.05) is 21.6 Å². The van der Waals surface area contributed by atoms with Crippen molar-refractivity contribution in [2.45, 2.75) is 30.9 Å². The van der Waals surface area contributed by atoms with Gasteiger partial charge in [-0.3, -0.25) is 9.52 Å². The van der Waals surface area contributed by atoms with E-state index in [0.29, 0.717) is 25.7 Å². The van der Waals surface area contributed by atoms with Crippen LogP contribution in [0.2, 0.25) is 0 Å². The Morgan fingerprint density at radius 2 is 1.91 bits per heavy atom. The number of benzene rings is 1. The molecule has 13 heteroatoms. The molecule has 2 aromatic rings. The van der Waals surface area contributed by atoms with Crippen LogP contribution in [0.5, 0.6) is 0 Å². The molecule has 1 aromatic heterocycles. The highest BCUT2D eigenvalue weighted by atomic mass is 32.2. The summed E-state index contributed by atoms with van der Waals surface area (Å²) in [6, 6.07) is 2.01. The van der Waals surface area contributed by atoms with Gasteiger partial charge in [-0.2, -0.15) is 0 Å². The number of amides is 1. The number of aromatic nitrogens is 1. The summed E-state index contributed by atoms with van der Waals surface area (Å²) in [6.45, 7) is -0.0850. The lowest BCUT2D eigenvalue weighted by Crippen LogP contribution is -2.29. The average molecular weight is 467 g/mol. The van der Waals surface area contributed by atoms with Gasteiger partial charge in [0.2, 0.25) is 10.0 Å². The SMILES string of the molecule is NC(=O)c1c(F)cc(N2CNc3ncc(C(=O)O)cc32)c(NS(=O)(=O)C2CCCC2)c1F. The molecule has 1 fully saturated rings. The molecule has 1 aromatic carbocycles. The predicted octanol–water partition coefficient (Wildman–Crippen LogP) is 2.36. The fraction of sp³-hybridized carbons (Fsp3) is 0.316. The van der Waals surface area contributed by atoms with E-state index in [4.69, 9.17) is 5.73 Å². The zero-order valence-corrected chi connectivity index (χ0v) is 17.4. The van der Waals surface area contributed by atoms with Crippen molar-refractivity contribution in [3.8, 4) is 0 Å². The number of rotatable bonds is 6. The van der Waals surface area contributed by atoms with Gasteiger partial charge in [-0.1, -0.05) is 12.8 Å². The summed E-state index contributed by atoms with van der Waals surface area (Å²) in [5, 5.41) is 11.3. The maximum atomic E-state index is 15.3. The van der Waals surface area contributed by atoms with Gasteiger partial charge in [0.05, 0.1) is 28.9 Å². The Morgan fingerprint density at radius 1 is 1.22 bits per heavy atom. The molecule has 0 bridgehead atoms. The molecule has 4 rings (SSSR count). The number of anilines is 4. The molecule has 10 nitrogen and oxygen atoms in total. The first-order chi connectivity index (χ1) is 15.1. The average Bonchev–Trinajstić information content (AvgIpc) is 3.39. The summed E-state index contributed by atoms with van der Waals surface area (Å²) < 4.78 is 57.8. The van der Waals surface area contributed by atoms with Crippen LogP contribution in [0.3, 0.4) is 0 Å². The summed E-state index contributed by atoms with van der Waals surface area (Å²) in [4.78, 5) is 28.2. The second-order valence-electron chi connectivity index (χ2n) is 7.52. The number of halogens is 2. The number of aromatic carboxylic acids is 1. The highest BCUT2D eigenvalue weighted by molar-refractivity contribution is 7.93. The molecular weight excluding hydrogens is 448 g/mol. The number of carbonyl (C=O) groups excluding carboxylic acids is 1. The number of sulfonamides is 1. The van der Waals surface area contributed by atoms with Gasteiger partial charge >= 0.3 is 5.97 Å². The van der Waals surface area contributed by atoms with Gasteiger partial charge in [-0.05, 0) is 18.9 Å². The standard InChI is InChI=1S/C19H19F2N5O5S/c20-11-6-12(26-8-24-18-13(26)5-9(7-23-18)19(28)29)16(15(21)14(11)17(22)27)25-32(30,31)10-3-1-2-4-10/h5-7,10,25H,1-4,8H2,(H2,22,27)(H,23,24)(H,28,29). The Morgan fingerprint density at radius 3 is 2.53 bits per heavy atom. The molecule has 0 atom stereocenters. The lowest BCUT2D eigenvalue weighted by Gasteiger charge is -2.24. The van der Waals surface area contributed by atoms with E-state index in [9.17, 15) is 27.5 Å². The highest BCUT2D eigenvalue weighted by Gasteiger charge is 2.34. The van der Waals surface area contributed by atoms with E-state index in [1.165, 1.54) is 11.0 Å². The maximum Gasteiger partial charge on any atom is 0.337 e. The fourth-order valence-corrected chi connectivity index (χ4v) is 5.53. The van der Waals surface area contributed by atoms with Crippen LogP contribution in [-0.2, 0) is 10.0 Å². The molecule has 5 N–H and O–H groups in total. The lowest BCUT2D eigenvalue weighted by molar-refractivity contribution is 0.0696. The fourth-order valence-electron chi connectivity index (χ4n) is 3.93. The summed E-state index contributed by atoms with van der Waals surface area (Å²) in [7, 11) is -4.06. The molecule has 1 amide bonds. The van der Waals surface area contributed by atoms with E-state index < -0.39 is 50.0 Å². The number of carboxylic acids is 1. The van der Waals surface area contributed by atoms with Gasteiger partial charge in [0.25, 0.3) is 5.91 Å². The topological polar surface area (TPSA) is 155 Å². The third-order valence-corrected chi connectivity index (χ3v) is 7.37. The zero-order valence-electron chi connectivity index (χ0n) is 16.6. The molecule has 0 saturated heterocycles. The van der Waals surface area contributed by atoms with Gasteiger partial charge < -0.3 is 21.1 Å². The van der Waals surface area contributed by atoms with Gasteiger partial charge in [-0.25, -0.2) is 27.0 Å². The van der Waals surface area contributed by atoms with Gasteiger partial charge in [0.1, 0.15) is 17.1 Å². The maximum absolute atomic E-state index is 15.3. The van der Waals surface area contributed by atoms with Gasteiger partial charge in [-0.15, -0.1) is 0 Å². The van der Waals surface area contributed by atoms with Gasteiger partial charge in [0, 0.05) is 12.3 Å². The number of carbonyl (C=O) groups is 2. The Kier molecular flexibility index (Phi) is 5.36. The van der Waals surface area contributed by atoms with Crippen molar-refractivity contribution in [1.29, 1.82) is 0 Å². The number of pyridine rings is 1. The molecule has 1 aliphatic carbocycles. The molecule has 2 heterocycles. The van der Waals surface area contributed by atoms with Crippen molar-refractivity contribution in [1.82, 2.24) is 4.98 Å². The van der Waals surface area contributed by atoms with E-state index in [2.05, 4.69) is 15.0 Å². The highest BCUT2D eigenvalue weighted by Crippen LogP contribution is 2.43. The third kappa shape index (κ3) is 3.68. The van der Waals surface area contributed by atoms with E-state index in [1.54, 1.807) is 0 Å². The van der Waals surface area contributed by atoms with Crippen LogP contribution in [0, 0.1) is 11.6 Å². The van der Waals surface area contributed by atoms with Crippen molar-refractivity contribution in [3.63, 3.8) is 0 Å². The van der Waals surface area contributed by atoms with E-state index >= 15 is 4.39 Å². The second-order valence-corrected chi connectivity index (χ2v) is 9.48. The molecule has 0 spiro atoms. The second kappa shape index (κ2) is 7.89. The molecule has 0 radical (unpaired) electrons. The zero-order chi connectivity index (χ0) is 23.2. The smallest absolute Gasteiger partial charge is 0.337 e. The lowest BCUT2D eigenvalue weighted by atomic mass is 10.1. The number of primary amides is 1. The number of nitrogens with zero attached hydrogens (tertiary/aromatic N) is 2. The number of nitrogens with one attached hydrogen (secondary N) is 2. The van der Waals surface area contributed by atoms with Crippen LogP contribution >= 0.6 is 0 Å². The first kappa shape index (κ1) is 21.7. The molecular formula is C19H19F2N5O5S. The number of hydrogen-bond acceptors (Lipinski definition) is 7. The van der Waals surface area contributed by atoms with Crippen LogP contribution in [0.4, 0.5) is 31.7 Å². The Labute approximate surface area is 181 Å². The van der Waals surface area contributed by atoms with Crippen molar-refractivity contribution in [2.24, 2.45) is 5.73 Å². The molecule has 170 valence electrons. The quantitative estimate of drug-likeness (QED) is 0.505. The molecule has 1 saturated carbocycles. The van der Waals surface area contributed by atoms with Crippen LogP contribution in [0.25, 0.3) is 0 Å². The van der Waals surface area contributed by atoms with Crippen molar-refractivity contribution < 1.29 is 31.9 Å². The molecule has 1 aliphatic heterocycles. The Balaban J connectivity index is 1.87. The Hall–Kier alpha value is -3.48. The van der Waals surface area contributed by atoms with Crippen LogP contribution in [-0.4, -0.2) is 42.3 Å². The minimum atomic E-state index is -4.06. The molecule has 0 unspecified atom stereocenters. The van der Waals surface area contributed by atoms with Crippen LogP contribution in [0.15, 0.2) is 18.3 Å². The van der Waals surface area contributed by atoms with Crippen molar-refractivity contribution >= 4 is 44.8 Å². The molecule has 32 heavy (non-hydrogen) atoms. The predicted molar refractivity (Wildman–Crippen MR) is 111 cm³/mol. The minimum absolute atomic E-state index is 0.0850. The largest absolute Gasteiger partial charge is 0.478 e. The number of carboxylic acid groups (broad SMARTS) is 1. The normalized spacial score (nSPS) is 16.0. The summed E-state index contributed by atoms with van der Waals surface area (Å²) in [5.41, 5.74) is 3.10. The van der Waals surface area contributed by atoms with E-state index in [0.717, 1.165) is 12.3 Å². The van der Waals surface area contributed by atoms with Crippen LogP contribution < -0.4 is 20.7 Å². The molecule has 2 aliphatic rings. The van der Waals surface area contributed by atoms with Crippen LogP contribution in [0.1, 0.15) is 46.4 Å². The number of hydrogen-bond donors (Lipinski definition) is 4. The van der Waals surface area contributed by atoms with E-state index in [-0.39, 0.29) is 29.4 Å². The summed E-state index contributed by atoms with van der Waals surface area (Å²) in [6.07, 6.45) is 3.28. The first-order valence-corrected chi connectivity index (χ1v) is 11.2.